The number of aliphatic hydroxyl groups excluding tert-OH is 1. The second-order valence-corrected chi connectivity index (χ2v) is 4.81. The molecule has 0 fully saturated rings. The van der Waals surface area contributed by atoms with E-state index in [-0.39, 0.29) is 5.82 Å². The zero-order chi connectivity index (χ0) is 12.1. The monoisotopic (exact) mass is 251 g/mol. The predicted octanol–water partition coefficient (Wildman–Crippen LogP) is 2.71. The fourth-order valence-corrected chi connectivity index (χ4v) is 2.22. The first kappa shape index (κ1) is 12.2. The van der Waals surface area contributed by atoms with Crippen LogP contribution >= 0.6 is 11.3 Å². The molecular weight excluding hydrogens is 237 g/mol. The van der Waals surface area contributed by atoms with Gasteiger partial charge in [-0.25, -0.2) is 4.39 Å². The fourth-order valence-electron chi connectivity index (χ4n) is 1.55. The second-order valence-electron chi connectivity index (χ2n) is 3.78. The van der Waals surface area contributed by atoms with Gasteiger partial charge in [-0.3, -0.25) is 0 Å². The predicted molar refractivity (Wildman–Crippen MR) is 67.4 cm³/mol. The summed E-state index contributed by atoms with van der Waals surface area (Å²) in [6.07, 6.45) is -0.601. The van der Waals surface area contributed by atoms with Crippen LogP contribution in [0.5, 0.6) is 0 Å². The van der Waals surface area contributed by atoms with Crippen molar-refractivity contribution in [3.63, 3.8) is 0 Å². The number of nitrogens with one attached hydrogen (secondary N) is 1. The maximum absolute atomic E-state index is 12.7. The summed E-state index contributed by atoms with van der Waals surface area (Å²) in [6.45, 7) is 1.21. The Bertz CT molecular complexity index is 441. The highest BCUT2D eigenvalue weighted by Crippen LogP contribution is 2.13. The van der Waals surface area contributed by atoms with Crippen molar-refractivity contribution in [2.24, 2.45) is 0 Å². The van der Waals surface area contributed by atoms with Crippen LogP contribution in [0.4, 0.5) is 4.39 Å². The van der Waals surface area contributed by atoms with Crippen LogP contribution in [0, 0.1) is 5.82 Å². The molecule has 1 aromatic carbocycles. The Morgan fingerprint density at radius 1 is 1.24 bits per heavy atom. The van der Waals surface area contributed by atoms with Crippen molar-refractivity contribution in [1.82, 2.24) is 5.32 Å². The molecule has 0 amide bonds. The number of halogens is 1. The lowest BCUT2D eigenvalue weighted by atomic mass is 10.1. The zero-order valence-corrected chi connectivity index (χ0v) is 10.1. The van der Waals surface area contributed by atoms with Crippen molar-refractivity contribution in [2.75, 3.05) is 6.54 Å². The Morgan fingerprint density at radius 3 is 2.65 bits per heavy atom. The summed E-state index contributed by atoms with van der Waals surface area (Å²) in [5.74, 6) is -0.285. The van der Waals surface area contributed by atoms with Crippen LogP contribution in [-0.4, -0.2) is 11.7 Å². The third-order valence-electron chi connectivity index (χ3n) is 2.47. The minimum atomic E-state index is -0.601. The number of rotatable bonds is 5. The number of hydrogen-bond donors (Lipinski definition) is 2. The van der Waals surface area contributed by atoms with Gasteiger partial charge in [-0.15, -0.1) is 11.3 Å². The third kappa shape index (κ3) is 3.63. The van der Waals surface area contributed by atoms with Gasteiger partial charge >= 0.3 is 0 Å². The van der Waals surface area contributed by atoms with E-state index < -0.39 is 6.10 Å². The largest absolute Gasteiger partial charge is 0.387 e. The van der Waals surface area contributed by atoms with Crippen molar-refractivity contribution in [3.05, 3.63) is 58.0 Å². The molecule has 0 radical (unpaired) electrons. The van der Waals surface area contributed by atoms with E-state index in [9.17, 15) is 9.50 Å². The number of benzene rings is 1. The molecule has 1 aromatic heterocycles. The van der Waals surface area contributed by atoms with E-state index in [0.29, 0.717) is 6.54 Å². The lowest BCUT2D eigenvalue weighted by molar-refractivity contribution is 0.174. The highest BCUT2D eigenvalue weighted by molar-refractivity contribution is 7.09. The Balaban J connectivity index is 1.81. The van der Waals surface area contributed by atoms with Gasteiger partial charge in [0.25, 0.3) is 0 Å². The van der Waals surface area contributed by atoms with Crippen LogP contribution < -0.4 is 5.32 Å². The first-order chi connectivity index (χ1) is 8.25. The van der Waals surface area contributed by atoms with Crippen LogP contribution in [-0.2, 0) is 6.54 Å². The van der Waals surface area contributed by atoms with Gasteiger partial charge < -0.3 is 10.4 Å². The maximum atomic E-state index is 12.7. The molecule has 0 spiro atoms. The first-order valence-corrected chi connectivity index (χ1v) is 6.30. The van der Waals surface area contributed by atoms with Crippen LogP contribution in [0.15, 0.2) is 41.8 Å². The highest BCUT2D eigenvalue weighted by Gasteiger charge is 2.06. The number of thiophene rings is 1. The molecular formula is C13H14FNOS. The maximum Gasteiger partial charge on any atom is 0.123 e. The van der Waals surface area contributed by atoms with Gasteiger partial charge in [-0.05, 0) is 29.1 Å². The summed E-state index contributed by atoms with van der Waals surface area (Å²) >= 11 is 1.68. The molecule has 0 saturated heterocycles. The van der Waals surface area contributed by atoms with E-state index >= 15 is 0 Å². The summed E-state index contributed by atoms with van der Waals surface area (Å²) < 4.78 is 12.7. The molecule has 1 heterocycles. The molecule has 2 nitrogen and oxygen atoms in total. The van der Waals surface area contributed by atoms with Gasteiger partial charge in [0.1, 0.15) is 5.82 Å². The molecule has 4 heteroatoms. The minimum Gasteiger partial charge on any atom is -0.387 e. The molecule has 1 atom stereocenters. The lowest BCUT2D eigenvalue weighted by Crippen LogP contribution is -2.20. The Kier molecular flexibility index (Phi) is 4.25. The van der Waals surface area contributed by atoms with Gasteiger partial charge in [0.2, 0.25) is 0 Å². The van der Waals surface area contributed by atoms with Crippen LogP contribution in [0.1, 0.15) is 16.5 Å². The molecule has 17 heavy (non-hydrogen) atoms. The average molecular weight is 251 g/mol. The number of hydrogen-bond acceptors (Lipinski definition) is 3. The summed E-state index contributed by atoms with van der Waals surface area (Å²) in [4.78, 5) is 1.23. The standard InChI is InChI=1S/C13H14FNOS/c14-11-5-3-10(4-6-11)13(16)9-15-8-12-2-1-7-17-12/h1-7,13,15-16H,8-9H2. The second kappa shape index (κ2) is 5.91. The van der Waals surface area contributed by atoms with Crippen LogP contribution in [0.3, 0.4) is 0 Å². The molecule has 0 aliphatic rings. The van der Waals surface area contributed by atoms with Gasteiger partial charge in [-0.2, -0.15) is 0 Å². The van der Waals surface area contributed by atoms with Crippen molar-refractivity contribution < 1.29 is 9.50 Å². The van der Waals surface area contributed by atoms with Gasteiger partial charge in [0.15, 0.2) is 0 Å². The molecule has 90 valence electrons. The van der Waals surface area contributed by atoms with Crippen molar-refractivity contribution >= 4 is 11.3 Å². The highest BCUT2D eigenvalue weighted by atomic mass is 32.1. The Labute approximate surface area is 104 Å². The van der Waals surface area contributed by atoms with E-state index in [2.05, 4.69) is 5.32 Å². The molecule has 0 bridgehead atoms. The quantitative estimate of drug-likeness (QED) is 0.856. The minimum absolute atomic E-state index is 0.285. The van der Waals surface area contributed by atoms with Gasteiger partial charge in [0.05, 0.1) is 6.10 Å². The summed E-state index contributed by atoms with van der Waals surface area (Å²) in [7, 11) is 0. The zero-order valence-electron chi connectivity index (χ0n) is 9.27. The van der Waals surface area contributed by atoms with Crippen molar-refractivity contribution in [2.45, 2.75) is 12.6 Å². The molecule has 0 aliphatic carbocycles. The summed E-state index contributed by atoms with van der Waals surface area (Å²) in [5.41, 5.74) is 0.727. The topological polar surface area (TPSA) is 32.3 Å². The SMILES string of the molecule is OC(CNCc1cccs1)c1ccc(F)cc1. The van der Waals surface area contributed by atoms with E-state index in [4.69, 9.17) is 0 Å². The fraction of sp³-hybridized carbons (Fsp3) is 0.231. The van der Waals surface area contributed by atoms with Crippen LogP contribution in [0.25, 0.3) is 0 Å². The van der Waals surface area contributed by atoms with E-state index in [0.717, 1.165) is 12.1 Å². The average Bonchev–Trinajstić information content (AvgIpc) is 2.83. The number of aliphatic hydroxyl groups is 1. The smallest absolute Gasteiger partial charge is 0.123 e. The van der Waals surface area contributed by atoms with Crippen molar-refractivity contribution in [1.29, 1.82) is 0 Å². The van der Waals surface area contributed by atoms with E-state index in [1.54, 1.807) is 23.5 Å². The molecule has 2 aromatic rings. The van der Waals surface area contributed by atoms with Crippen molar-refractivity contribution in [3.8, 4) is 0 Å². The molecule has 0 aliphatic heterocycles. The normalized spacial score (nSPS) is 12.6. The molecule has 2 rings (SSSR count). The van der Waals surface area contributed by atoms with Gasteiger partial charge in [-0.1, -0.05) is 18.2 Å². The Hall–Kier alpha value is -1.23. The Morgan fingerprint density at radius 2 is 2.00 bits per heavy atom. The molecule has 2 N–H and O–H groups in total. The third-order valence-corrected chi connectivity index (χ3v) is 3.35. The van der Waals surface area contributed by atoms with Gasteiger partial charge in [0, 0.05) is 18.0 Å². The van der Waals surface area contributed by atoms with Crippen LogP contribution in [0.2, 0.25) is 0 Å². The summed E-state index contributed by atoms with van der Waals surface area (Å²) in [5, 5.41) is 15.0. The first-order valence-electron chi connectivity index (χ1n) is 5.42. The molecule has 1 unspecified atom stereocenters. The van der Waals surface area contributed by atoms with E-state index in [1.165, 1.54) is 17.0 Å². The molecule has 0 saturated carbocycles. The summed E-state index contributed by atoms with van der Waals surface area (Å²) in [6, 6.07) is 9.97. The van der Waals surface area contributed by atoms with E-state index in [1.807, 2.05) is 17.5 Å². The lowest BCUT2D eigenvalue weighted by Gasteiger charge is -2.11.